The smallest absolute Gasteiger partial charge is 0.348 e. The van der Waals surface area contributed by atoms with Crippen molar-refractivity contribution in [2.45, 2.75) is 0 Å². The van der Waals surface area contributed by atoms with E-state index in [0.717, 1.165) is 19.6 Å². The van der Waals surface area contributed by atoms with E-state index >= 15 is 0 Å². The summed E-state index contributed by atoms with van der Waals surface area (Å²) in [5, 5.41) is 12.6. The van der Waals surface area contributed by atoms with Crippen molar-refractivity contribution < 1.29 is 4.74 Å². The molecule has 0 spiro atoms. The predicted octanol–water partition coefficient (Wildman–Crippen LogP) is -0.934. The van der Waals surface area contributed by atoms with Gasteiger partial charge < -0.3 is 15.4 Å². The molecule has 0 aromatic carbocycles. The van der Waals surface area contributed by atoms with Crippen molar-refractivity contribution in [1.29, 1.82) is 0 Å². The summed E-state index contributed by atoms with van der Waals surface area (Å²) >= 11 is 0. The van der Waals surface area contributed by atoms with Gasteiger partial charge >= 0.3 is 5.69 Å². The Morgan fingerprint density at radius 3 is 3.17 bits per heavy atom. The molecule has 0 saturated carbocycles. The van der Waals surface area contributed by atoms with Crippen molar-refractivity contribution in [3.05, 3.63) is 22.9 Å². The minimum Gasteiger partial charge on any atom is -0.383 e. The van der Waals surface area contributed by atoms with Gasteiger partial charge in [-0.1, -0.05) is 0 Å². The van der Waals surface area contributed by atoms with Gasteiger partial charge in [0.2, 0.25) is 0 Å². The number of rotatable bonds is 7. The number of methoxy groups -OCH3 is 1. The first kappa shape index (κ1) is 12.5. The fraction of sp³-hybridized carbons (Fsp3) is 0.500. The van der Waals surface area contributed by atoms with Crippen LogP contribution < -0.4 is 16.3 Å². The Balaban J connectivity index is 1.83. The highest BCUT2D eigenvalue weighted by Crippen LogP contribution is 2.02. The van der Waals surface area contributed by atoms with Crippen LogP contribution in [0.1, 0.15) is 0 Å². The number of anilines is 1. The average Bonchev–Trinajstić information content (AvgIpc) is 2.75. The SMILES string of the molecule is COCCNCCNc1cc2n[nH]c(=O)n2cn1. The second kappa shape index (κ2) is 6.12. The fourth-order valence-electron chi connectivity index (χ4n) is 1.48. The minimum atomic E-state index is -0.287. The van der Waals surface area contributed by atoms with E-state index in [9.17, 15) is 4.79 Å². The zero-order chi connectivity index (χ0) is 12.8. The van der Waals surface area contributed by atoms with E-state index in [2.05, 4.69) is 25.8 Å². The molecule has 0 saturated heterocycles. The molecule has 2 heterocycles. The molecule has 18 heavy (non-hydrogen) atoms. The summed E-state index contributed by atoms with van der Waals surface area (Å²) in [4.78, 5) is 15.3. The van der Waals surface area contributed by atoms with E-state index in [4.69, 9.17) is 4.74 Å². The number of aromatic nitrogens is 4. The van der Waals surface area contributed by atoms with Crippen molar-refractivity contribution in [2.24, 2.45) is 0 Å². The Bertz CT molecular complexity index is 549. The molecule has 0 aliphatic rings. The van der Waals surface area contributed by atoms with E-state index < -0.39 is 0 Å². The van der Waals surface area contributed by atoms with Crippen molar-refractivity contribution in [3.63, 3.8) is 0 Å². The lowest BCUT2D eigenvalue weighted by Gasteiger charge is -2.06. The van der Waals surface area contributed by atoms with Gasteiger partial charge in [0.1, 0.15) is 12.1 Å². The van der Waals surface area contributed by atoms with Crippen LogP contribution >= 0.6 is 0 Å². The van der Waals surface area contributed by atoms with Crippen molar-refractivity contribution in [3.8, 4) is 0 Å². The molecule has 0 aliphatic carbocycles. The van der Waals surface area contributed by atoms with Crippen LogP contribution in [0.15, 0.2) is 17.2 Å². The number of aromatic amines is 1. The lowest BCUT2D eigenvalue weighted by Crippen LogP contribution is -2.25. The van der Waals surface area contributed by atoms with Crippen LogP contribution in [0, 0.1) is 0 Å². The lowest BCUT2D eigenvalue weighted by molar-refractivity contribution is 0.200. The predicted molar refractivity (Wildman–Crippen MR) is 66.8 cm³/mol. The molecular formula is C10H16N6O2. The molecule has 8 nitrogen and oxygen atoms in total. The maximum Gasteiger partial charge on any atom is 0.348 e. The number of nitrogens with zero attached hydrogens (tertiary/aromatic N) is 3. The van der Waals surface area contributed by atoms with E-state index in [-0.39, 0.29) is 5.69 Å². The van der Waals surface area contributed by atoms with Gasteiger partial charge in [0.15, 0.2) is 5.65 Å². The molecule has 2 rings (SSSR count). The third-order valence-corrected chi connectivity index (χ3v) is 2.40. The summed E-state index contributed by atoms with van der Waals surface area (Å²) in [5.41, 5.74) is 0.259. The molecule has 0 radical (unpaired) electrons. The van der Waals surface area contributed by atoms with Gasteiger partial charge in [-0.2, -0.15) is 5.10 Å². The summed E-state index contributed by atoms with van der Waals surface area (Å²) in [5.74, 6) is 0.690. The standard InChI is InChI=1S/C10H16N6O2/c1-18-5-4-11-2-3-12-8-6-9-14-15-10(17)16(9)7-13-8/h6-7,11-12H,2-5H2,1H3,(H,15,17). The van der Waals surface area contributed by atoms with Crippen molar-refractivity contribution in [2.75, 3.05) is 38.7 Å². The largest absolute Gasteiger partial charge is 0.383 e. The summed E-state index contributed by atoms with van der Waals surface area (Å²) in [6.45, 7) is 3.06. The monoisotopic (exact) mass is 252 g/mol. The van der Waals surface area contributed by atoms with Gasteiger partial charge in [0.05, 0.1) is 6.61 Å². The highest BCUT2D eigenvalue weighted by Gasteiger charge is 2.01. The molecule has 2 aromatic heterocycles. The van der Waals surface area contributed by atoms with Gasteiger partial charge in [-0.25, -0.2) is 19.3 Å². The molecule has 0 amide bonds. The van der Waals surface area contributed by atoms with Crippen LogP contribution in [0.25, 0.3) is 5.65 Å². The van der Waals surface area contributed by atoms with Gasteiger partial charge in [0.25, 0.3) is 0 Å². The van der Waals surface area contributed by atoms with Gasteiger partial charge in [-0.15, -0.1) is 0 Å². The molecule has 0 atom stereocenters. The fourth-order valence-corrected chi connectivity index (χ4v) is 1.48. The van der Waals surface area contributed by atoms with E-state index in [1.54, 1.807) is 13.2 Å². The quantitative estimate of drug-likeness (QED) is 0.551. The summed E-state index contributed by atoms with van der Waals surface area (Å²) < 4.78 is 6.27. The highest BCUT2D eigenvalue weighted by molar-refractivity contribution is 5.48. The average molecular weight is 252 g/mol. The Morgan fingerprint density at radius 2 is 2.33 bits per heavy atom. The third kappa shape index (κ3) is 3.05. The zero-order valence-corrected chi connectivity index (χ0v) is 10.1. The maximum absolute atomic E-state index is 11.2. The molecule has 98 valence electrons. The van der Waals surface area contributed by atoms with Crippen molar-refractivity contribution >= 4 is 11.5 Å². The third-order valence-electron chi connectivity index (χ3n) is 2.40. The topological polar surface area (TPSA) is 96.3 Å². The van der Waals surface area contributed by atoms with Crippen LogP contribution in [-0.4, -0.2) is 52.9 Å². The number of hydrogen-bond donors (Lipinski definition) is 3. The number of nitrogens with one attached hydrogen (secondary N) is 3. The summed E-state index contributed by atoms with van der Waals surface area (Å²) in [7, 11) is 1.67. The highest BCUT2D eigenvalue weighted by atomic mass is 16.5. The molecule has 2 aromatic rings. The Hall–Kier alpha value is -1.93. The van der Waals surface area contributed by atoms with Crippen molar-refractivity contribution in [1.82, 2.24) is 24.9 Å². The van der Waals surface area contributed by atoms with Crippen LogP contribution in [0.2, 0.25) is 0 Å². The van der Waals surface area contributed by atoms with Gasteiger partial charge in [-0.3, -0.25) is 0 Å². The molecular weight excluding hydrogens is 236 g/mol. The first-order chi connectivity index (χ1) is 8.81. The summed E-state index contributed by atoms with van der Waals surface area (Å²) in [6, 6.07) is 1.72. The van der Waals surface area contributed by atoms with Crippen LogP contribution in [0.4, 0.5) is 5.82 Å². The second-order valence-corrected chi connectivity index (χ2v) is 3.70. The van der Waals surface area contributed by atoms with Crippen LogP contribution in [0.3, 0.4) is 0 Å². The van der Waals surface area contributed by atoms with Crippen LogP contribution in [0.5, 0.6) is 0 Å². The Labute approximate surface area is 103 Å². The molecule has 0 unspecified atom stereocenters. The number of ether oxygens (including phenoxy) is 1. The zero-order valence-electron chi connectivity index (χ0n) is 10.1. The van der Waals surface area contributed by atoms with E-state index in [1.165, 1.54) is 10.7 Å². The van der Waals surface area contributed by atoms with E-state index in [1.807, 2.05) is 0 Å². The maximum atomic E-state index is 11.2. The summed E-state index contributed by atoms with van der Waals surface area (Å²) in [6.07, 6.45) is 1.45. The van der Waals surface area contributed by atoms with Gasteiger partial charge in [-0.05, 0) is 0 Å². The molecule has 0 fully saturated rings. The first-order valence-corrected chi connectivity index (χ1v) is 5.67. The second-order valence-electron chi connectivity index (χ2n) is 3.70. The molecule has 3 N–H and O–H groups in total. The number of H-pyrrole nitrogens is 1. The molecule has 0 bridgehead atoms. The normalized spacial score (nSPS) is 10.9. The number of hydrogen-bond acceptors (Lipinski definition) is 6. The minimum absolute atomic E-state index is 0.287. The number of fused-ring (bicyclic) bond motifs is 1. The van der Waals surface area contributed by atoms with E-state index in [0.29, 0.717) is 18.1 Å². The molecule has 8 heteroatoms. The molecule has 0 aliphatic heterocycles. The Kier molecular flexibility index (Phi) is 4.26. The van der Waals surface area contributed by atoms with Gasteiger partial charge in [0, 0.05) is 32.8 Å². The van der Waals surface area contributed by atoms with Crippen LogP contribution in [-0.2, 0) is 4.74 Å². The first-order valence-electron chi connectivity index (χ1n) is 5.67. The Morgan fingerprint density at radius 1 is 1.44 bits per heavy atom. The lowest BCUT2D eigenvalue weighted by atomic mass is 10.5.